The lowest BCUT2D eigenvalue weighted by Gasteiger charge is -1.98. The third-order valence-electron chi connectivity index (χ3n) is 2.39. The van der Waals surface area contributed by atoms with Crippen LogP contribution >= 0.6 is 0 Å². The zero-order valence-electron chi connectivity index (χ0n) is 9.60. The van der Waals surface area contributed by atoms with Gasteiger partial charge < -0.3 is 10.3 Å². The third kappa shape index (κ3) is 2.49. The van der Waals surface area contributed by atoms with Crippen LogP contribution in [0.15, 0.2) is 34.9 Å². The Morgan fingerprint density at radius 2 is 2.19 bits per heavy atom. The van der Waals surface area contributed by atoms with Gasteiger partial charge in [-0.15, -0.1) is 0 Å². The molecule has 1 heterocycles. The minimum atomic E-state index is 0.107. The van der Waals surface area contributed by atoms with E-state index in [1.807, 2.05) is 25.1 Å². The van der Waals surface area contributed by atoms with Gasteiger partial charge in [0.05, 0.1) is 5.69 Å². The van der Waals surface area contributed by atoms with E-state index in [0.717, 1.165) is 23.4 Å². The monoisotopic (exact) mass is 216 g/mol. The first-order valence-corrected chi connectivity index (χ1v) is 5.43. The molecule has 0 amide bonds. The minimum absolute atomic E-state index is 0.107. The molecule has 2 rings (SSSR count). The predicted molar refractivity (Wildman–Crippen MR) is 64.0 cm³/mol. The van der Waals surface area contributed by atoms with Crippen molar-refractivity contribution in [3.05, 3.63) is 41.6 Å². The molecule has 0 aliphatic rings. The van der Waals surface area contributed by atoms with Gasteiger partial charge >= 0.3 is 0 Å². The standard InChI is InChI=1S/C13H16N2O/c1-9-4-3-5-11(6-9)13-8-12(15-16-13)7-10(2)14/h3-6,8,10H,7,14H2,1-2H3. The molecule has 0 aliphatic carbocycles. The zero-order chi connectivity index (χ0) is 11.5. The van der Waals surface area contributed by atoms with Crippen molar-refractivity contribution in [3.63, 3.8) is 0 Å². The van der Waals surface area contributed by atoms with E-state index in [4.69, 9.17) is 10.3 Å². The van der Waals surface area contributed by atoms with Crippen LogP contribution in [0.4, 0.5) is 0 Å². The summed E-state index contributed by atoms with van der Waals surface area (Å²) in [7, 11) is 0. The van der Waals surface area contributed by atoms with Gasteiger partial charge in [0.2, 0.25) is 0 Å². The second kappa shape index (κ2) is 4.49. The molecule has 2 N–H and O–H groups in total. The van der Waals surface area contributed by atoms with Crippen molar-refractivity contribution in [2.75, 3.05) is 0 Å². The largest absolute Gasteiger partial charge is 0.356 e. The molecule has 1 aromatic carbocycles. The Labute approximate surface area is 95.3 Å². The highest BCUT2D eigenvalue weighted by Gasteiger charge is 2.08. The molecule has 0 spiro atoms. The van der Waals surface area contributed by atoms with E-state index in [-0.39, 0.29) is 6.04 Å². The molecule has 1 atom stereocenters. The summed E-state index contributed by atoms with van der Waals surface area (Å²) in [5, 5.41) is 4.01. The Balaban J connectivity index is 2.24. The van der Waals surface area contributed by atoms with Crippen LogP contribution in [0.5, 0.6) is 0 Å². The lowest BCUT2D eigenvalue weighted by molar-refractivity contribution is 0.421. The Morgan fingerprint density at radius 1 is 1.38 bits per heavy atom. The van der Waals surface area contributed by atoms with Gasteiger partial charge in [-0.3, -0.25) is 0 Å². The zero-order valence-corrected chi connectivity index (χ0v) is 9.60. The molecular weight excluding hydrogens is 200 g/mol. The molecule has 16 heavy (non-hydrogen) atoms. The van der Waals surface area contributed by atoms with E-state index >= 15 is 0 Å². The molecule has 1 aromatic heterocycles. The molecule has 0 aliphatic heterocycles. The normalized spacial score (nSPS) is 12.7. The first-order chi connectivity index (χ1) is 7.65. The van der Waals surface area contributed by atoms with Crippen molar-refractivity contribution >= 4 is 0 Å². The van der Waals surface area contributed by atoms with Crippen LogP contribution in [0, 0.1) is 6.92 Å². The van der Waals surface area contributed by atoms with E-state index in [9.17, 15) is 0 Å². The number of hydrogen-bond donors (Lipinski definition) is 1. The molecular formula is C13H16N2O. The highest BCUT2D eigenvalue weighted by Crippen LogP contribution is 2.21. The van der Waals surface area contributed by atoms with Crippen LogP contribution < -0.4 is 5.73 Å². The van der Waals surface area contributed by atoms with Gasteiger partial charge in [0.25, 0.3) is 0 Å². The fourth-order valence-corrected chi connectivity index (χ4v) is 1.67. The third-order valence-corrected chi connectivity index (χ3v) is 2.39. The lowest BCUT2D eigenvalue weighted by Crippen LogP contribution is -2.17. The van der Waals surface area contributed by atoms with Crippen molar-refractivity contribution in [2.24, 2.45) is 5.73 Å². The molecule has 3 heteroatoms. The van der Waals surface area contributed by atoms with Crippen molar-refractivity contribution in [1.29, 1.82) is 0 Å². The molecule has 0 saturated carbocycles. The average Bonchev–Trinajstić information content (AvgIpc) is 2.65. The summed E-state index contributed by atoms with van der Waals surface area (Å²) < 4.78 is 5.30. The molecule has 0 fully saturated rings. The number of rotatable bonds is 3. The Bertz CT molecular complexity index is 474. The molecule has 3 nitrogen and oxygen atoms in total. The molecule has 84 valence electrons. The van der Waals surface area contributed by atoms with Crippen molar-refractivity contribution in [2.45, 2.75) is 26.3 Å². The van der Waals surface area contributed by atoms with Crippen LogP contribution in [0.3, 0.4) is 0 Å². The Kier molecular flexibility index (Phi) is 3.06. The van der Waals surface area contributed by atoms with Crippen molar-refractivity contribution in [1.82, 2.24) is 5.16 Å². The molecule has 0 radical (unpaired) electrons. The van der Waals surface area contributed by atoms with E-state index < -0.39 is 0 Å². The summed E-state index contributed by atoms with van der Waals surface area (Å²) in [6.07, 6.45) is 0.745. The van der Waals surface area contributed by atoms with Gasteiger partial charge in [0, 0.05) is 24.1 Å². The van der Waals surface area contributed by atoms with E-state index in [1.54, 1.807) is 0 Å². The van der Waals surface area contributed by atoms with E-state index in [0.29, 0.717) is 0 Å². The van der Waals surface area contributed by atoms with Crippen LogP contribution in [0.2, 0.25) is 0 Å². The molecule has 0 saturated heterocycles. The smallest absolute Gasteiger partial charge is 0.167 e. The first kappa shape index (κ1) is 10.9. The second-order valence-corrected chi connectivity index (χ2v) is 4.23. The number of nitrogens with two attached hydrogens (primary N) is 1. The average molecular weight is 216 g/mol. The van der Waals surface area contributed by atoms with Gasteiger partial charge in [0.1, 0.15) is 0 Å². The molecule has 2 aromatic rings. The fraction of sp³-hybridized carbons (Fsp3) is 0.308. The predicted octanol–water partition coefficient (Wildman–Crippen LogP) is 2.54. The first-order valence-electron chi connectivity index (χ1n) is 5.43. The number of aromatic nitrogens is 1. The van der Waals surface area contributed by atoms with Gasteiger partial charge in [-0.1, -0.05) is 28.9 Å². The molecule has 0 bridgehead atoms. The van der Waals surface area contributed by atoms with E-state index in [2.05, 4.69) is 24.2 Å². The van der Waals surface area contributed by atoms with Crippen molar-refractivity contribution in [3.8, 4) is 11.3 Å². The summed E-state index contributed by atoms with van der Waals surface area (Å²) in [5.41, 5.74) is 8.89. The molecule has 1 unspecified atom stereocenters. The van der Waals surface area contributed by atoms with Crippen LogP contribution in [-0.2, 0) is 6.42 Å². The number of hydrogen-bond acceptors (Lipinski definition) is 3. The van der Waals surface area contributed by atoms with Gasteiger partial charge in [0.15, 0.2) is 5.76 Å². The Morgan fingerprint density at radius 3 is 2.88 bits per heavy atom. The fourth-order valence-electron chi connectivity index (χ4n) is 1.67. The van der Waals surface area contributed by atoms with Gasteiger partial charge in [-0.05, 0) is 19.9 Å². The summed E-state index contributed by atoms with van der Waals surface area (Å²) in [6, 6.07) is 10.2. The summed E-state index contributed by atoms with van der Waals surface area (Å²) in [4.78, 5) is 0. The number of nitrogens with zero attached hydrogens (tertiary/aromatic N) is 1. The van der Waals surface area contributed by atoms with Gasteiger partial charge in [-0.2, -0.15) is 0 Å². The summed E-state index contributed by atoms with van der Waals surface area (Å²) >= 11 is 0. The van der Waals surface area contributed by atoms with Crippen LogP contribution in [0.25, 0.3) is 11.3 Å². The summed E-state index contributed by atoms with van der Waals surface area (Å²) in [5.74, 6) is 0.805. The maximum absolute atomic E-state index is 5.71. The minimum Gasteiger partial charge on any atom is -0.356 e. The Hall–Kier alpha value is -1.61. The SMILES string of the molecule is Cc1cccc(-c2cc(CC(C)N)no2)c1. The maximum atomic E-state index is 5.71. The van der Waals surface area contributed by atoms with Crippen molar-refractivity contribution < 1.29 is 4.52 Å². The number of aryl methyl sites for hydroxylation is 1. The lowest BCUT2D eigenvalue weighted by atomic mass is 10.1. The van der Waals surface area contributed by atoms with E-state index in [1.165, 1.54) is 5.56 Å². The summed E-state index contributed by atoms with van der Waals surface area (Å²) in [6.45, 7) is 4.02. The highest BCUT2D eigenvalue weighted by atomic mass is 16.5. The van der Waals surface area contributed by atoms with Crippen LogP contribution in [-0.4, -0.2) is 11.2 Å². The van der Waals surface area contributed by atoms with Gasteiger partial charge in [-0.25, -0.2) is 0 Å². The highest BCUT2D eigenvalue weighted by molar-refractivity contribution is 5.58. The topological polar surface area (TPSA) is 52.0 Å². The second-order valence-electron chi connectivity index (χ2n) is 4.23. The quantitative estimate of drug-likeness (QED) is 0.857. The number of benzene rings is 1. The maximum Gasteiger partial charge on any atom is 0.167 e. The van der Waals surface area contributed by atoms with Crippen LogP contribution in [0.1, 0.15) is 18.2 Å².